The van der Waals surface area contributed by atoms with Crippen molar-refractivity contribution in [3.05, 3.63) is 36.7 Å². The van der Waals surface area contributed by atoms with Gasteiger partial charge in [0.15, 0.2) is 0 Å². The van der Waals surface area contributed by atoms with Gasteiger partial charge in [0.05, 0.1) is 23.8 Å². The Kier molecular flexibility index (Phi) is 3.70. The predicted molar refractivity (Wildman–Crippen MR) is 85.6 cm³/mol. The number of hydrogen-bond donors (Lipinski definition) is 1. The first-order chi connectivity index (χ1) is 10.0. The highest BCUT2D eigenvalue weighted by molar-refractivity contribution is 5.61. The molecule has 21 heavy (non-hydrogen) atoms. The third-order valence-corrected chi connectivity index (χ3v) is 4.32. The van der Waals surface area contributed by atoms with Crippen LogP contribution >= 0.6 is 0 Å². The summed E-state index contributed by atoms with van der Waals surface area (Å²) in [5, 5.41) is 11.8. The van der Waals surface area contributed by atoms with Crippen LogP contribution in [0.25, 0.3) is 5.69 Å². The lowest BCUT2D eigenvalue weighted by Gasteiger charge is -2.39. The fraction of sp³-hybridized carbons (Fsp3) is 0.529. The summed E-state index contributed by atoms with van der Waals surface area (Å²) in [6.45, 7) is 7.11. The largest absolute Gasteiger partial charge is 0.381 e. The van der Waals surface area contributed by atoms with Gasteiger partial charge in [-0.05, 0) is 42.7 Å². The zero-order chi connectivity index (χ0) is 14.9. The Bertz CT molecular complexity index is 589. The second-order valence-electron chi connectivity index (χ2n) is 7.12. The van der Waals surface area contributed by atoms with Gasteiger partial charge in [0.25, 0.3) is 0 Å². The lowest BCUT2D eigenvalue weighted by Crippen LogP contribution is -2.35. The molecular formula is C17H24N4. The molecule has 0 amide bonds. The summed E-state index contributed by atoms with van der Waals surface area (Å²) in [7, 11) is 0. The number of nitrogens with zero attached hydrogens (tertiary/aromatic N) is 3. The van der Waals surface area contributed by atoms with Crippen LogP contribution in [0.2, 0.25) is 0 Å². The number of aromatic nitrogens is 3. The van der Waals surface area contributed by atoms with Gasteiger partial charge >= 0.3 is 0 Å². The van der Waals surface area contributed by atoms with E-state index in [1.54, 1.807) is 6.20 Å². The Labute approximate surface area is 126 Å². The van der Waals surface area contributed by atoms with E-state index in [2.05, 4.69) is 54.6 Å². The van der Waals surface area contributed by atoms with Crippen LogP contribution in [0.15, 0.2) is 36.7 Å². The van der Waals surface area contributed by atoms with E-state index in [1.165, 1.54) is 19.3 Å². The maximum absolute atomic E-state index is 4.11. The van der Waals surface area contributed by atoms with Gasteiger partial charge in [-0.15, -0.1) is 5.10 Å². The van der Waals surface area contributed by atoms with E-state index in [0.717, 1.165) is 17.3 Å². The topological polar surface area (TPSA) is 42.7 Å². The van der Waals surface area contributed by atoms with Crippen LogP contribution in [0, 0.1) is 11.3 Å². The molecule has 0 saturated heterocycles. The molecule has 1 aromatic heterocycles. The highest BCUT2D eigenvalue weighted by Crippen LogP contribution is 2.39. The van der Waals surface area contributed by atoms with Crippen LogP contribution in [0.1, 0.15) is 40.0 Å². The number of benzene rings is 1. The fourth-order valence-electron chi connectivity index (χ4n) is 3.81. The Morgan fingerprint density at radius 2 is 2.05 bits per heavy atom. The minimum atomic E-state index is 0.414. The van der Waals surface area contributed by atoms with Crippen LogP contribution in [0.4, 0.5) is 5.69 Å². The van der Waals surface area contributed by atoms with Crippen molar-refractivity contribution in [1.29, 1.82) is 0 Å². The zero-order valence-corrected chi connectivity index (χ0v) is 13.1. The highest BCUT2D eigenvalue weighted by Gasteiger charge is 2.32. The van der Waals surface area contributed by atoms with Crippen molar-refractivity contribution in [3.63, 3.8) is 0 Å². The molecule has 1 N–H and O–H groups in total. The van der Waals surface area contributed by atoms with E-state index < -0.39 is 0 Å². The van der Waals surface area contributed by atoms with Gasteiger partial charge in [-0.25, -0.2) is 4.68 Å². The summed E-state index contributed by atoms with van der Waals surface area (Å²) in [5.41, 5.74) is 2.61. The lowest BCUT2D eigenvalue weighted by molar-refractivity contribution is 0.178. The van der Waals surface area contributed by atoms with Crippen molar-refractivity contribution in [2.75, 3.05) is 5.32 Å². The van der Waals surface area contributed by atoms with E-state index in [-0.39, 0.29) is 0 Å². The van der Waals surface area contributed by atoms with E-state index in [1.807, 2.05) is 16.9 Å². The normalized spacial score (nSPS) is 24.7. The summed E-state index contributed by atoms with van der Waals surface area (Å²) in [4.78, 5) is 0. The first-order valence-corrected chi connectivity index (χ1v) is 7.76. The minimum Gasteiger partial charge on any atom is -0.381 e. The first kappa shape index (κ1) is 14.1. The fourth-order valence-corrected chi connectivity index (χ4v) is 3.81. The minimum absolute atomic E-state index is 0.414. The lowest BCUT2D eigenvalue weighted by atomic mass is 9.70. The highest BCUT2D eigenvalue weighted by atomic mass is 15.4. The molecule has 4 nitrogen and oxygen atoms in total. The molecule has 2 atom stereocenters. The van der Waals surface area contributed by atoms with E-state index in [4.69, 9.17) is 0 Å². The monoisotopic (exact) mass is 284 g/mol. The van der Waals surface area contributed by atoms with Gasteiger partial charge in [0.1, 0.15) is 0 Å². The molecule has 0 radical (unpaired) electrons. The second-order valence-corrected chi connectivity index (χ2v) is 7.12. The van der Waals surface area contributed by atoms with Gasteiger partial charge in [-0.3, -0.25) is 0 Å². The Balaban J connectivity index is 1.82. The van der Waals surface area contributed by atoms with Crippen LogP contribution in [0.5, 0.6) is 0 Å². The molecule has 4 heteroatoms. The molecule has 1 aromatic carbocycles. The number of nitrogens with one attached hydrogen (secondary N) is 1. The van der Waals surface area contributed by atoms with Crippen LogP contribution in [-0.2, 0) is 0 Å². The van der Waals surface area contributed by atoms with E-state index in [0.29, 0.717) is 11.5 Å². The standard InChI is InChI=1S/C17H24N4/c1-13-10-14(12-17(2,3)11-13)19-15-6-4-5-7-16(15)21-9-8-18-20-21/h4-9,13-14,19H,10-12H2,1-3H3. The van der Waals surface area contributed by atoms with Crippen molar-refractivity contribution in [2.24, 2.45) is 11.3 Å². The van der Waals surface area contributed by atoms with E-state index >= 15 is 0 Å². The molecule has 2 unspecified atom stereocenters. The zero-order valence-electron chi connectivity index (χ0n) is 13.1. The number of rotatable bonds is 3. The third-order valence-electron chi connectivity index (χ3n) is 4.32. The van der Waals surface area contributed by atoms with Gasteiger partial charge in [-0.2, -0.15) is 0 Å². The molecule has 0 spiro atoms. The molecule has 1 fully saturated rings. The molecule has 112 valence electrons. The molecule has 0 bridgehead atoms. The maximum Gasteiger partial charge on any atom is 0.0894 e. The van der Waals surface area contributed by atoms with Crippen molar-refractivity contribution < 1.29 is 0 Å². The molecule has 2 aromatic rings. The first-order valence-electron chi connectivity index (χ1n) is 7.76. The third kappa shape index (κ3) is 3.26. The molecular weight excluding hydrogens is 260 g/mol. The summed E-state index contributed by atoms with van der Waals surface area (Å²) in [6, 6.07) is 8.83. The van der Waals surface area contributed by atoms with Crippen molar-refractivity contribution >= 4 is 5.69 Å². The van der Waals surface area contributed by atoms with E-state index in [9.17, 15) is 0 Å². The maximum atomic E-state index is 4.11. The molecule has 1 aliphatic carbocycles. The molecule has 1 aliphatic rings. The van der Waals surface area contributed by atoms with Gasteiger partial charge < -0.3 is 5.32 Å². The van der Waals surface area contributed by atoms with Crippen LogP contribution in [-0.4, -0.2) is 21.0 Å². The Hall–Kier alpha value is -1.84. The summed E-state index contributed by atoms with van der Waals surface area (Å²) in [5.74, 6) is 0.768. The van der Waals surface area contributed by atoms with Crippen LogP contribution < -0.4 is 5.32 Å². The summed E-state index contributed by atoms with van der Waals surface area (Å²) >= 11 is 0. The average molecular weight is 284 g/mol. The predicted octanol–water partition coefficient (Wildman–Crippen LogP) is 3.89. The Morgan fingerprint density at radius 3 is 2.76 bits per heavy atom. The molecule has 1 heterocycles. The Morgan fingerprint density at radius 1 is 1.24 bits per heavy atom. The van der Waals surface area contributed by atoms with Crippen molar-refractivity contribution in [2.45, 2.75) is 46.1 Å². The molecule has 0 aliphatic heterocycles. The SMILES string of the molecule is CC1CC(Nc2ccccc2-n2ccnn2)CC(C)(C)C1. The number of para-hydroxylation sites is 2. The van der Waals surface area contributed by atoms with Gasteiger partial charge in [0, 0.05) is 6.04 Å². The summed E-state index contributed by atoms with van der Waals surface area (Å²) in [6.07, 6.45) is 7.35. The molecule has 1 saturated carbocycles. The summed E-state index contributed by atoms with van der Waals surface area (Å²) < 4.78 is 1.82. The molecule has 3 rings (SSSR count). The van der Waals surface area contributed by atoms with Gasteiger partial charge in [0.2, 0.25) is 0 Å². The smallest absolute Gasteiger partial charge is 0.0894 e. The van der Waals surface area contributed by atoms with Crippen LogP contribution in [0.3, 0.4) is 0 Å². The quantitative estimate of drug-likeness (QED) is 0.929. The van der Waals surface area contributed by atoms with Gasteiger partial charge in [-0.1, -0.05) is 38.1 Å². The number of hydrogen-bond acceptors (Lipinski definition) is 3. The average Bonchev–Trinajstić information content (AvgIpc) is 2.90. The van der Waals surface area contributed by atoms with Crippen molar-refractivity contribution in [1.82, 2.24) is 15.0 Å². The second kappa shape index (κ2) is 5.51. The van der Waals surface area contributed by atoms with Crippen molar-refractivity contribution in [3.8, 4) is 5.69 Å². The number of anilines is 1.